The van der Waals surface area contributed by atoms with Gasteiger partial charge in [0.25, 0.3) is 0 Å². The van der Waals surface area contributed by atoms with E-state index in [0.29, 0.717) is 6.54 Å². The Morgan fingerprint density at radius 1 is 0.935 bits per heavy atom. The highest BCUT2D eigenvalue weighted by Gasteiger charge is 2.21. The highest BCUT2D eigenvalue weighted by molar-refractivity contribution is 7.89. The lowest BCUT2D eigenvalue weighted by Gasteiger charge is -2.23. The number of hydrogen-bond acceptors (Lipinski definition) is 7. The molecule has 1 heterocycles. The van der Waals surface area contributed by atoms with Crippen LogP contribution in [-0.4, -0.2) is 53.3 Å². The van der Waals surface area contributed by atoms with Gasteiger partial charge in [-0.1, -0.05) is 25.6 Å². The number of sulfonamides is 1. The molecule has 0 bridgehead atoms. The van der Waals surface area contributed by atoms with Gasteiger partial charge in [-0.2, -0.15) is 12.7 Å². The van der Waals surface area contributed by atoms with Gasteiger partial charge in [0.05, 0.1) is 16.1 Å². The molecule has 31 heavy (non-hydrogen) atoms. The summed E-state index contributed by atoms with van der Waals surface area (Å²) in [6.45, 7) is 0.702. The van der Waals surface area contributed by atoms with Gasteiger partial charge in [0, 0.05) is 32.6 Å². The van der Waals surface area contributed by atoms with Crippen molar-refractivity contribution in [3.8, 4) is 0 Å². The summed E-state index contributed by atoms with van der Waals surface area (Å²) in [4.78, 5) is 6.57. The number of para-hydroxylation sites is 1. The van der Waals surface area contributed by atoms with Gasteiger partial charge >= 0.3 is 10.5 Å². The van der Waals surface area contributed by atoms with Gasteiger partial charge in [-0.25, -0.2) is 13.4 Å². The van der Waals surface area contributed by atoms with E-state index < -0.39 is 20.5 Å². The molecule has 8 nitrogen and oxygen atoms in total. The number of hydrogen-bond donors (Lipinski definition) is 0. The van der Waals surface area contributed by atoms with Crippen LogP contribution in [0.3, 0.4) is 0 Å². The second-order valence-electron chi connectivity index (χ2n) is 6.41. The van der Waals surface area contributed by atoms with Crippen molar-refractivity contribution >= 4 is 55.3 Å². The van der Waals surface area contributed by atoms with Crippen molar-refractivity contribution in [2.75, 3.05) is 32.1 Å². The third kappa shape index (κ3) is 6.47. The summed E-state index contributed by atoms with van der Waals surface area (Å²) in [5, 5.41) is 1.04. The molecule has 1 aromatic heterocycles. The number of likely N-dealkylation sites (N-methyl/N-ethyl adjacent to an activating group) is 2. The van der Waals surface area contributed by atoms with Crippen LogP contribution in [0.25, 0.3) is 10.9 Å². The monoisotopic (exact) mass is 484 g/mol. The molecule has 0 radical (unpaired) electrons. The molecule has 168 valence electrons. The number of benzene rings is 2. The van der Waals surface area contributed by atoms with Crippen molar-refractivity contribution in [1.82, 2.24) is 9.29 Å². The van der Waals surface area contributed by atoms with Crippen LogP contribution >= 0.6 is 12.4 Å². The summed E-state index contributed by atoms with van der Waals surface area (Å²) in [6, 6.07) is 17.1. The van der Waals surface area contributed by atoms with Crippen molar-refractivity contribution in [1.29, 1.82) is 0 Å². The molecule has 0 aliphatic rings. The first-order valence-corrected chi connectivity index (χ1v) is 11.2. The molecule has 0 saturated heterocycles. The highest BCUT2D eigenvalue weighted by atomic mass is 35.5. The fourth-order valence-electron chi connectivity index (χ4n) is 2.74. The Morgan fingerprint density at radius 3 is 2.23 bits per heavy atom. The van der Waals surface area contributed by atoms with E-state index in [4.69, 9.17) is 0 Å². The van der Waals surface area contributed by atoms with E-state index in [9.17, 15) is 16.8 Å². The van der Waals surface area contributed by atoms with Crippen molar-refractivity contribution < 1.29 is 16.8 Å². The molecular weight excluding hydrogens is 460 g/mol. The molecule has 0 N–H and O–H groups in total. The fourth-order valence-corrected chi connectivity index (χ4v) is 4.19. The Hall–Kier alpha value is -2.53. The lowest BCUT2D eigenvalue weighted by Crippen LogP contribution is -2.35. The minimum absolute atomic E-state index is 0. The van der Waals surface area contributed by atoms with Crippen molar-refractivity contribution in [3.05, 3.63) is 60.7 Å². The number of rotatable bonds is 7. The number of halogens is 1. The maximum absolute atomic E-state index is 12.7. The van der Waals surface area contributed by atoms with Crippen LogP contribution in [0.1, 0.15) is 7.43 Å². The molecule has 0 atom stereocenters. The topological polar surface area (TPSA) is 100 Å². The average Bonchev–Trinajstić information content (AvgIpc) is 2.71. The van der Waals surface area contributed by atoms with Gasteiger partial charge in [-0.3, -0.25) is 0 Å². The van der Waals surface area contributed by atoms with E-state index in [2.05, 4.69) is 9.35 Å². The predicted molar refractivity (Wildman–Crippen MR) is 126 cm³/mol. The number of fused-ring (bicyclic) bond motifs is 1. The third-order valence-electron chi connectivity index (χ3n) is 4.45. The highest BCUT2D eigenvalue weighted by Crippen LogP contribution is 2.20. The number of anilines is 1. The second kappa shape index (κ2) is 11.2. The first kappa shape index (κ1) is 26.5. The molecule has 2 aromatic carbocycles. The van der Waals surface area contributed by atoms with Gasteiger partial charge in [0.2, 0.25) is 10.0 Å². The zero-order chi connectivity index (χ0) is 21.0. The molecular formula is C20H25ClN4O4S2. The van der Waals surface area contributed by atoms with E-state index in [-0.39, 0.29) is 37.0 Å². The molecule has 0 unspecified atom stereocenters. The Kier molecular flexibility index (Phi) is 9.57. The van der Waals surface area contributed by atoms with Crippen LogP contribution in [0.15, 0.2) is 69.9 Å². The largest absolute Gasteiger partial charge is 0.358 e. The van der Waals surface area contributed by atoms with E-state index in [1.807, 2.05) is 48.3 Å². The summed E-state index contributed by atoms with van der Waals surface area (Å²) in [5.74, 6) is 0.756. The molecule has 3 rings (SSSR count). The van der Waals surface area contributed by atoms with Crippen molar-refractivity contribution in [2.24, 2.45) is 4.36 Å². The van der Waals surface area contributed by atoms with Crippen LogP contribution in [-0.2, 0) is 20.5 Å². The lowest BCUT2D eigenvalue weighted by molar-refractivity contribution is 0.473. The first-order chi connectivity index (χ1) is 13.8. The Balaban J connectivity index is 0.00000240. The minimum Gasteiger partial charge on any atom is -0.358 e. The van der Waals surface area contributed by atoms with Crippen molar-refractivity contribution in [2.45, 2.75) is 12.3 Å². The second-order valence-corrected chi connectivity index (χ2v) is 9.07. The molecule has 0 aliphatic heterocycles. The molecule has 11 heteroatoms. The van der Waals surface area contributed by atoms with E-state index in [0.717, 1.165) is 16.7 Å². The molecule has 3 aromatic rings. The lowest BCUT2D eigenvalue weighted by atomic mass is 10.2. The Morgan fingerprint density at radius 2 is 1.58 bits per heavy atom. The van der Waals surface area contributed by atoms with E-state index >= 15 is 0 Å². The standard InChI is InChI=1S/C19H20N4O4S2.CH4.ClH/c1-22(19-12-7-15-5-3-4-6-18(15)20-19)13-14-23(2)29(26,27)17-10-8-16(9-11-17)21-28(24)25;;/h3-12H,13-14H2,1-2H3;1H4;1H. The van der Waals surface area contributed by atoms with Crippen LogP contribution in [0.5, 0.6) is 0 Å². The maximum atomic E-state index is 12.7. The normalized spacial score (nSPS) is 10.8. The minimum atomic E-state index is -3.71. The van der Waals surface area contributed by atoms with E-state index in [1.165, 1.54) is 35.6 Å². The van der Waals surface area contributed by atoms with Crippen LogP contribution in [0, 0.1) is 0 Å². The van der Waals surface area contributed by atoms with Crippen molar-refractivity contribution in [3.63, 3.8) is 0 Å². The van der Waals surface area contributed by atoms with Crippen LogP contribution in [0.2, 0.25) is 0 Å². The summed E-state index contributed by atoms with van der Waals surface area (Å²) in [5.41, 5.74) is 1.05. The zero-order valence-corrected chi connectivity index (χ0v) is 18.8. The maximum Gasteiger partial charge on any atom is 0.316 e. The summed E-state index contributed by atoms with van der Waals surface area (Å²) >= 11 is 0. The molecule has 0 amide bonds. The third-order valence-corrected chi connectivity index (χ3v) is 6.68. The number of nitrogens with zero attached hydrogens (tertiary/aromatic N) is 4. The van der Waals surface area contributed by atoms with Gasteiger partial charge in [-0.15, -0.1) is 16.8 Å². The Labute approximate surface area is 190 Å². The summed E-state index contributed by atoms with van der Waals surface area (Å²) in [7, 11) is -2.93. The number of aromatic nitrogens is 1. The van der Waals surface area contributed by atoms with Gasteiger partial charge in [0.1, 0.15) is 5.82 Å². The smallest absolute Gasteiger partial charge is 0.316 e. The summed E-state index contributed by atoms with van der Waals surface area (Å²) in [6.07, 6.45) is 0. The molecule has 0 fully saturated rings. The molecule has 0 aliphatic carbocycles. The first-order valence-electron chi connectivity index (χ1n) is 8.72. The molecule has 0 saturated carbocycles. The van der Waals surface area contributed by atoms with E-state index in [1.54, 1.807) is 0 Å². The quantitative estimate of drug-likeness (QED) is 0.506. The Bertz CT molecular complexity index is 1260. The van der Waals surface area contributed by atoms with Gasteiger partial charge < -0.3 is 4.90 Å². The fraction of sp³-hybridized carbons (Fsp3) is 0.250. The average molecular weight is 485 g/mol. The molecule has 0 spiro atoms. The number of pyridine rings is 1. The SMILES string of the molecule is C.CN(CCN(C)S(=O)(=O)c1ccc(N=S(=O)=O)cc1)c1ccc2ccccc2n1.Cl. The summed E-state index contributed by atoms with van der Waals surface area (Å²) < 4.78 is 51.2. The van der Waals surface area contributed by atoms with Gasteiger partial charge in [-0.05, 0) is 42.5 Å². The zero-order valence-electron chi connectivity index (χ0n) is 16.3. The van der Waals surface area contributed by atoms with Crippen LogP contribution < -0.4 is 4.90 Å². The predicted octanol–water partition coefficient (Wildman–Crippen LogP) is 3.74. The van der Waals surface area contributed by atoms with Gasteiger partial charge in [0.15, 0.2) is 0 Å². The van der Waals surface area contributed by atoms with Crippen LogP contribution in [0.4, 0.5) is 11.5 Å².